The molecule has 1 aromatic carbocycles. The SMILES string of the molecule is Cc1cnc(C(=O)N[C@H]2COc3cc(Cl)cnc3N(C)C2=O)nc1-c1ccccc1F. The van der Waals surface area contributed by atoms with Gasteiger partial charge in [-0.1, -0.05) is 23.7 Å². The number of carbonyl (C=O) groups excluding carboxylic acids is 2. The molecular weight excluding hydrogens is 425 g/mol. The lowest BCUT2D eigenvalue weighted by Crippen LogP contribution is -2.49. The van der Waals surface area contributed by atoms with Crippen molar-refractivity contribution in [3.63, 3.8) is 0 Å². The molecule has 0 unspecified atom stereocenters. The minimum atomic E-state index is -1.01. The van der Waals surface area contributed by atoms with Crippen molar-refractivity contribution in [2.75, 3.05) is 18.6 Å². The molecule has 2 aromatic heterocycles. The fraction of sp³-hybridized carbons (Fsp3) is 0.190. The number of aromatic nitrogens is 3. The highest BCUT2D eigenvalue weighted by Gasteiger charge is 2.32. The van der Waals surface area contributed by atoms with Crippen LogP contribution in [-0.2, 0) is 4.79 Å². The summed E-state index contributed by atoms with van der Waals surface area (Å²) in [6, 6.07) is 6.66. The van der Waals surface area contributed by atoms with Gasteiger partial charge in [0.25, 0.3) is 11.8 Å². The molecule has 1 N–H and O–H groups in total. The van der Waals surface area contributed by atoms with Crippen molar-refractivity contribution < 1.29 is 18.7 Å². The normalized spacial score (nSPS) is 15.7. The molecule has 10 heteroatoms. The molecular formula is C21H17ClFN5O3. The van der Waals surface area contributed by atoms with Crippen molar-refractivity contribution in [1.82, 2.24) is 20.3 Å². The number of benzene rings is 1. The van der Waals surface area contributed by atoms with Gasteiger partial charge in [-0.25, -0.2) is 19.3 Å². The molecule has 2 amide bonds. The van der Waals surface area contributed by atoms with Crippen LogP contribution in [0.1, 0.15) is 16.2 Å². The zero-order valence-corrected chi connectivity index (χ0v) is 17.4. The summed E-state index contributed by atoms with van der Waals surface area (Å²) in [7, 11) is 1.52. The standard InChI is InChI=1S/C21H17ClFN5O3/c1-11-8-24-18(27-17(11)13-5-3-4-6-14(13)23)20(29)26-15-10-31-16-7-12(22)9-25-19(16)28(2)21(15)30/h3-9,15H,10H2,1-2H3,(H,26,29)/t15-/m0/s1. The second kappa shape index (κ2) is 8.27. The number of ether oxygens (including phenoxy) is 1. The van der Waals surface area contributed by atoms with Crippen LogP contribution in [0.5, 0.6) is 5.75 Å². The molecule has 0 spiro atoms. The number of nitrogens with one attached hydrogen (secondary N) is 1. The number of anilines is 1. The fourth-order valence-electron chi connectivity index (χ4n) is 3.16. The Labute approximate surface area is 182 Å². The van der Waals surface area contributed by atoms with Gasteiger partial charge in [0.2, 0.25) is 5.82 Å². The fourth-order valence-corrected chi connectivity index (χ4v) is 3.31. The molecule has 1 atom stereocenters. The van der Waals surface area contributed by atoms with E-state index in [1.54, 1.807) is 31.2 Å². The minimum Gasteiger partial charge on any atom is -0.487 e. The molecule has 0 saturated carbocycles. The predicted molar refractivity (Wildman–Crippen MR) is 112 cm³/mol. The van der Waals surface area contributed by atoms with Crippen LogP contribution in [0.25, 0.3) is 11.3 Å². The number of amides is 2. The van der Waals surface area contributed by atoms with Crippen LogP contribution in [0.2, 0.25) is 5.02 Å². The summed E-state index contributed by atoms with van der Waals surface area (Å²) in [6.45, 7) is 1.59. The summed E-state index contributed by atoms with van der Waals surface area (Å²) in [6.07, 6.45) is 2.83. The number of rotatable bonds is 3. The Morgan fingerprint density at radius 2 is 2.06 bits per heavy atom. The molecule has 1 aliphatic rings. The van der Waals surface area contributed by atoms with E-state index in [9.17, 15) is 14.0 Å². The van der Waals surface area contributed by atoms with Crippen molar-refractivity contribution >= 4 is 29.2 Å². The Morgan fingerprint density at radius 1 is 1.29 bits per heavy atom. The Morgan fingerprint density at radius 3 is 2.84 bits per heavy atom. The zero-order valence-electron chi connectivity index (χ0n) is 16.6. The van der Waals surface area contributed by atoms with E-state index < -0.39 is 23.7 Å². The van der Waals surface area contributed by atoms with Gasteiger partial charge in [0, 0.05) is 31.1 Å². The molecule has 0 aliphatic carbocycles. The average molecular weight is 442 g/mol. The Bertz CT molecular complexity index is 1190. The number of hydrogen-bond donors (Lipinski definition) is 1. The topological polar surface area (TPSA) is 97.3 Å². The number of fused-ring (bicyclic) bond motifs is 1. The van der Waals surface area contributed by atoms with Crippen LogP contribution < -0.4 is 15.0 Å². The molecule has 3 heterocycles. The third-order valence-corrected chi connectivity index (χ3v) is 4.97. The van der Waals surface area contributed by atoms with Crippen LogP contribution in [-0.4, -0.2) is 46.5 Å². The molecule has 0 radical (unpaired) electrons. The van der Waals surface area contributed by atoms with Gasteiger partial charge < -0.3 is 10.1 Å². The van der Waals surface area contributed by atoms with Crippen LogP contribution in [0.15, 0.2) is 42.7 Å². The highest BCUT2D eigenvalue weighted by molar-refractivity contribution is 6.30. The molecule has 0 saturated heterocycles. The number of likely N-dealkylation sites (N-methyl/N-ethyl adjacent to an activating group) is 1. The Balaban J connectivity index is 1.58. The molecule has 31 heavy (non-hydrogen) atoms. The third kappa shape index (κ3) is 4.04. The monoisotopic (exact) mass is 441 g/mol. The van der Waals surface area contributed by atoms with E-state index >= 15 is 0 Å². The second-order valence-corrected chi connectivity index (χ2v) is 7.35. The summed E-state index contributed by atoms with van der Waals surface area (Å²) >= 11 is 5.95. The van der Waals surface area contributed by atoms with Crippen molar-refractivity contribution in [1.29, 1.82) is 0 Å². The van der Waals surface area contributed by atoms with Gasteiger partial charge in [-0.15, -0.1) is 0 Å². The highest BCUT2D eigenvalue weighted by Crippen LogP contribution is 2.30. The molecule has 1 aliphatic heterocycles. The molecule has 4 rings (SSSR count). The number of nitrogens with zero attached hydrogens (tertiary/aromatic N) is 4. The van der Waals surface area contributed by atoms with Crippen LogP contribution >= 0.6 is 11.6 Å². The van der Waals surface area contributed by atoms with Gasteiger partial charge >= 0.3 is 0 Å². The predicted octanol–water partition coefficient (Wildman–Crippen LogP) is 2.79. The first-order valence-corrected chi connectivity index (χ1v) is 9.68. The third-order valence-electron chi connectivity index (χ3n) is 4.76. The van der Waals surface area contributed by atoms with Crippen LogP contribution in [0.4, 0.5) is 10.2 Å². The molecule has 0 fully saturated rings. The smallest absolute Gasteiger partial charge is 0.289 e. The first-order valence-electron chi connectivity index (χ1n) is 9.30. The van der Waals surface area contributed by atoms with Crippen LogP contribution in [0, 0.1) is 12.7 Å². The number of carbonyl (C=O) groups is 2. The average Bonchev–Trinajstić information content (AvgIpc) is 2.86. The maximum Gasteiger partial charge on any atom is 0.289 e. The van der Waals surface area contributed by atoms with E-state index in [2.05, 4.69) is 20.3 Å². The van der Waals surface area contributed by atoms with Crippen molar-refractivity contribution in [2.24, 2.45) is 0 Å². The van der Waals surface area contributed by atoms with Crippen molar-refractivity contribution in [2.45, 2.75) is 13.0 Å². The first-order chi connectivity index (χ1) is 14.8. The van der Waals surface area contributed by atoms with Gasteiger partial charge in [-0.3, -0.25) is 14.5 Å². The zero-order chi connectivity index (χ0) is 22.1. The van der Waals surface area contributed by atoms with E-state index in [-0.39, 0.29) is 18.0 Å². The quantitative estimate of drug-likeness (QED) is 0.671. The van der Waals surface area contributed by atoms with Gasteiger partial charge in [-0.05, 0) is 24.6 Å². The maximum atomic E-state index is 14.2. The number of aryl methyl sites for hydroxylation is 1. The summed E-state index contributed by atoms with van der Waals surface area (Å²) in [5.74, 6) is -1.16. The minimum absolute atomic E-state index is 0.129. The van der Waals surface area contributed by atoms with Gasteiger partial charge in [-0.2, -0.15) is 0 Å². The van der Waals surface area contributed by atoms with E-state index in [1.165, 1.54) is 30.4 Å². The van der Waals surface area contributed by atoms with Gasteiger partial charge in [0.1, 0.15) is 18.5 Å². The second-order valence-electron chi connectivity index (χ2n) is 6.91. The van der Waals surface area contributed by atoms with Crippen molar-refractivity contribution in [3.8, 4) is 17.0 Å². The van der Waals surface area contributed by atoms with E-state index in [0.29, 0.717) is 27.8 Å². The molecule has 158 valence electrons. The summed E-state index contributed by atoms with van der Waals surface area (Å²) in [5.41, 5.74) is 1.15. The lowest BCUT2D eigenvalue weighted by atomic mass is 10.1. The summed E-state index contributed by atoms with van der Waals surface area (Å²) in [4.78, 5) is 39.3. The van der Waals surface area contributed by atoms with Gasteiger partial charge in [0.05, 0.1) is 10.7 Å². The van der Waals surface area contributed by atoms with Crippen molar-refractivity contribution in [3.05, 3.63) is 65.0 Å². The van der Waals surface area contributed by atoms with Gasteiger partial charge in [0.15, 0.2) is 11.6 Å². The molecule has 3 aromatic rings. The van der Waals surface area contributed by atoms with E-state index in [4.69, 9.17) is 16.3 Å². The highest BCUT2D eigenvalue weighted by atomic mass is 35.5. The maximum absolute atomic E-state index is 14.2. The number of pyridine rings is 1. The number of hydrogen-bond acceptors (Lipinski definition) is 6. The Hall–Kier alpha value is -3.59. The van der Waals surface area contributed by atoms with E-state index in [1.807, 2.05) is 0 Å². The molecule has 8 nitrogen and oxygen atoms in total. The summed E-state index contributed by atoms with van der Waals surface area (Å²) in [5, 5.41) is 2.94. The van der Waals surface area contributed by atoms with Crippen LogP contribution in [0.3, 0.4) is 0 Å². The number of halogens is 2. The lowest BCUT2D eigenvalue weighted by molar-refractivity contribution is -0.120. The largest absolute Gasteiger partial charge is 0.487 e. The first kappa shape index (κ1) is 20.7. The van der Waals surface area contributed by atoms with E-state index in [0.717, 1.165) is 0 Å². The molecule has 0 bridgehead atoms. The summed E-state index contributed by atoms with van der Waals surface area (Å²) < 4.78 is 19.8. The Kier molecular flexibility index (Phi) is 5.51. The lowest BCUT2D eigenvalue weighted by Gasteiger charge is -2.19.